The highest BCUT2D eigenvalue weighted by molar-refractivity contribution is 5.60. The second kappa shape index (κ2) is 6.44. The minimum absolute atomic E-state index is 0.198. The molecule has 23 heavy (non-hydrogen) atoms. The number of phenols is 1. The second-order valence-electron chi connectivity index (χ2n) is 5.18. The Bertz CT molecular complexity index is 876. The molecule has 3 aromatic rings. The third-order valence-electron chi connectivity index (χ3n) is 3.56. The van der Waals surface area contributed by atoms with Gasteiger partial charge in [0.05, 0.1) is 5.69 Å². The zero-order chi connectivity index (χ0) is 16.2. The minimum Gasteiger partial charge on any atom is -0.505 e. The summed E-state index contributed by atoms with van der Waals surface area (Å²) in [5.41, 5.74) is 1.98. The van der Waals surface area contributed by atoms with Crippen molar-refractivity contribution in [3.63, 3.8) is 0 Å². The first kappa shape index (κ1) is 15.0. The number of phenolic OH excluding ortho intramolecular Hbond substituents is 1. The predicted molar refractivity (Wildman–Crippen MR) is 85.7 cm³/mol. The molecule has 0 saturated heterocycles. The summed E-state index contributed by atoms with van der Waals surface area (Å²) in [6.07, 6.45) is 0.686. The molecule has 0 atom stereocenters. The van der Waals surface area contributed by atoms with Gasteiger partial charge < -0.3 is 5.11 Å². The van der Waals surface area contributed by atoms with Gasteiger partial charge in [0.2, 0.25) is 0 Å². The van der Waals surface area contributed by atoms with Crippen molar-refractivity contribution in [1.29, 1.82) is 0 Å². The van der Waals surface area contributed by atoms with Crippen molar-refractivity contribution in [3.05, 3.63) is 82.4 Å². The molecule has 1 N–H and O–H groups in total. The second-order valence-corrected chi connectivity index (χ2v) is 5.18. The lowest BCUT2D eigenvalue weighted by molar-refractivity contribution is 0.432. The molecule has 3 rings (SSSR count). The molecule has 2 aromatic carbocycles. The number of aryl methyl sites for hydroxylation is 2. The number of aromatic hydroxyl groups is 1. The van der Waals surface area contributed by atoms with E-state index in [0.717, 1.165) is 5.56 Å². The molecule has 0 radical (unpaired) electrons. The fourth-order valence-corrected chi connectivity index (χ4v) is 2.31. The van der Waals surface area contributed by atoms with Crippen molar-refractivity contribution in [2.24, 2.45) is 0 Å². The molecule has 0 saturated carbocycles. The monoisotopic (exact) mass is 310 g/mol. The van der Waals surface area contributed by atoms with Crippen molar-refractivity contribution < 1.29 is 9.50 Å². The number of nitrogens with zero attached hydrogens (tertiary/aromatic N) is 2. The van der Waals surface area contributed by atoms with Gasteiger partial charge >= 0.3 is 0 Å². The molecule has 1 heterocycles. The molecule has 0 aliphatic carbocycles. The van der Waals surface area contributed by atoms with Crippen LogP contribution in [0, 0.1) is 5.82 Å². The highest BCUT2D eigenvalue weighted by Crippen LogP contribution is 2.23. The molecule has 0 aliphatic heterocycles. The number of benzene rings is 2. The standard InChI is InChI=1S/C18H15FN2O2/c19-15-7-6-14(12-17(15)22)16-8-9-18(23)21(20-16)11-10-13-4-2-1-3-5-13/h1-9,12,22H,10-11H2. The maximum absolute atomic E-state index is 13.1. The number of aromatic nitrogens is 2. The van der Waals surface area contributed by atoms with E-state index < -0.39 is 11.6 Å². The number of hydrogen-bond donors (Lipinski definition) is 1. The van der Waals surface area contributed by atoms with Gasteiger partial charge in [-0.15, -0.1) is 0 Å². The van der Waals surface area contributed by atoms with E-state index in [9.17, 15) is 14.3 Å². The Balaban J connectivity index is 1.87. The van der Waals surface area contributed by atoms with Crippen LogP contribution >= 0.6 is 0 Å². The maximum atomic E-state index is 13.1. The fraction of sp³-hybridized carbons (Fsp3) is 0.111. The molecular weight excluding hydrogens is 295 g/mol. The zero-order valence-corrected chi connectivity index (χ0v) is 12.3. The summed E-state index contributed by atoms with van der Waals surface area (Å²) in [4.78, 5) is 11.9. The van der Waals surface area contributed by atoms with Crippen LogP contribution in [0.4, 0.5) is 4.39 Å². The summed E-state index contributed by atoms with van der Waals surface area (Å²) < 4.78 is 14.5. The van der Waals surface area contributed by atoms with Crippen molar-refractivity contribution in [2.45, 2.75) is 13.0 Å². The van der Waals surface area contributed by atoms with Gasteiger partial charge in [0.25, 0.3) is 5.56 Å². The normalized spacial score (nSPS) is 10.7. The van der Waals surface area contributed by atoms with E-state index in [1.165, 1.54) is 28.9 Å². The molecule has 0 fully saturated rings. The molecule has 0 bridgehead atoms. The van der Waals surface area contributed by atoms with Gasteiger partial charge in [0.15, 0.2) is 11.6 Å². The Hall–Kier alpha value is -2.95. The van der Waals surface area contributed by atoms with Crippen LogP contribution in [0.15, 0.2) is 65.5 Å². The Morgan fingerprint density at radius 3 is 2.57 bits per heavy atom. The summed E-state index contributed by atoms with van der Waals surface area (Å²) in [6, 6.07) is 16.8. The first-order chi connectivity index (χ1) is 11.1. The quantitative estimate of drug-likeness (QED) is 0.806. The number of hydrogen-bond acceptors (Lipinski definition) is 3. The van der Waals surface area contributed by atoms with E-state index in [1.54, 1.807) is 6.07 Å². The van der Waals surface area contributed by atoms with Gasteiger partial charge in [-0.25, -0.2) is 9.07 Å². The van der Waals surface area contributed by atoms with Crippen LogP contribution in [0.25, 0.3) is 11.3 Å². The lowest BCUT2D eigenvalue weighted by atomic mass is 10.1. The van der Waals surface area contributed by atoms with E-state index in [0.29, 0.717) is 24.2 Å². The number of halogens is 1. The third kappa shape index (κ3) is 3.45. The maximum Gasteiger partial charge on any atom is 0.266 e. The zero-order valence-electron chi connectivity index (χ0n) is 12.3. The molecular formula is C18H15FN2O2. The average molecular weight is 310 g/mol. The lowest BCUT2D eigenvalue weighted by Crippen LogP contribution is -2.23. The molecule has 0 unspecified atom stereocenters. The Morgan fingerprint density at radius 2 is 1.83 bits per heavy atom. The van der Waals surface area contributed by atoms with E-state index in [2.05, 4.69) is 5.10 Å². The topological polar surface area (TPSA) is 55.1 Å². The Morgan fingerprint density at radius 1 is 1.04 bits per heavy atom. The van der Waals surface area contributed by atoms with Crippen molar-refractivity contribution in [3.8, 4) is 17.0 Å². The van der Waals surface area contributed by atoms with E-state index in [-0.39, 0.29) is 5.56 Å². The molecule has 0 aliphatic rings. The van der Waals surface area contributed by atoms with Crippen LogP contribution < -0.4 is 5.56 Å². The van der Waals surface area contributed by atoms with E-state index >= 15 is 0 Å². The number of rotatable bonds is 4. The van der Waals surface area contributed by atoms with Crippen LogP contribution in [0.2, 0.25) is 0 Å². The largest absolute Gasteiger partial charge is 0.505 e. The predicted octanol–water partition coefficient (Wildman–Crippen LogP) is 3.00. The molecule has 0 spiro atoms. The van der Waals surface area contributed by atoms with Crippen LogP contribution in [0.3, 0.4) is 0 Å². The Labute approximate surface area is 132 Å². The molecule has 4 nitrogen and oxygen atoms in total. The van der Waals surface area contributed by atoms with E-state index in [4.69, 9.17) is 0 Å². The molecule has 1 aromatic heterocycles. The molecule has 116 valence electrons. The molecule has 0 amide bonds. The van der Waals surface area contributed by atoms with Gasteiger partial charge in [0, 0.05) is 18.2 Å². The summed E-state index contributed by atoms with van der Waals surface area (Å²) >= 11 is 0. The van der Waals surface area contributed by atoms with Gasteiger partial charge in [-0.2, -0.15) is 5.10 Å². The highest BCUT2D eigenvalue weighted by atomic mass is 19.1. The van der Waals surface area contributed by atoms with Crippen molar-refractivity contribution in [1.82, 2.24) is 9.78 Å². The van der Waals surface area contributed by atoms with Gasteiger partial charge in [0.1, 0.15) is 0 Å². The van der Waals surface area contributed by atoms with Crippen LogP contribution in [-0.2, 0) is 13.0 Å². The fourth-order valence-electron chi connectivity index (χ4n) is 2.31. The van der Waals surface area contributed by atoms with Crippen LogP contribution in [0.1, 0.15) is 5.56 Å². The first-order valence-corrected chi connectivity index (χ1v) is 7.24. The summed E-state index contributed by atoms with van der Waals surface area (Å²) in [7, 11) is 0. The summed E-state index contributed by atoms with van der Waals surface area (Å²) in [5.74, 6) is -1.13. The summed E-state index contributed by atoms with van der Waals surface area (Å²) in [5, 5.41) is 13.8. The first-order valence-electron chi connectivity index (χ1n) is 7.24. The smallest absolute Gasteiger partial charge is 0.266 e. The lowest BCUT2D eigenvalue weighted by Gasteiger charge is -2.08. The summed E-state index contributed by atoms with van der Waals surface area (Å²) in [6.45, 7) is 0.448. The highest BCUT2D eigenvalue weighted by Gasteiger charge is 2.07. The SMILES string of the molecule is O=c1ccc(-c2ccc(F)c(O)c2)nn1CCc1ccccc1. The minimum atomic E-state index is -0.689. The van der Waals surface area contributed by atoms with Crippen molar-refractivity contribution >= 4 is 0 Å². The van der Waals surface area contributed by atoms with Gasteiger partial charge in [-0.3, -0.25) is 4.79 Å². The third-order valence-corrected chi connectivity index (χ3v) is 3.56. The average Bonchev–Trinajstić information content (AvgIpc) is 2.57. The Kier molecular flexibility index (Phi) is 4.19. The van der Waals surface area contributed by atoms with Crippen LogP contribution in [-0.4, -0.2) is 14.9 Å². The molecule has 5 heteroatoms. The van der Waals surface area contributed by atoms with Gasteiger partial charge in [-0.1, -0.05) is 30.3 Å². The van der Waals surface area contributed by atoms with Crippen molar-refractivity contribution in [2.75, 3.05) is 0 Å². The van der Waals surface area contributed by atoms with E-state index in [1.807, 2.05) is 30.3 Å². The van der Waals surface area contributed by atoms with Gasteiger partial charge in [-0.05, 0) is 36.2 Å². The van der Waals surface area contributed by atoms with Crippen LogP contribution in [0.5, 0.6) is 5.75 Å².